The molecule has 0 amide bonds. The quantitative estimate of drug-likeness (QED) is 0.601. The van der Waals surface area contributed by atoms with E-state index in [2.05, 4.69) is 0 Å². The van der Waals surface area contributed by atoms with E-state index in [0.29, 0.717) is 5.56 Å². The molecule has 66 valence electrons. The van der Waals surface area contributed by atoms with E-state index in [1.807, 2.05) is 18.0 Å². The summed E-state index contributed by atoms with van der Waals surface area (Å²) in [4.78, 5) is 1.99. The van der Waals surface area contributed by atoms with Gasteiger partial charge in [0.2, 0.25) is 0 Å². The molecule has 2 rings (SSSR count). The number of hydrogen-bond donors (Lipinski definition) is 0. The predicted octanol–water partition coefficient (Wildman–Crippen LogP) is 1.69. The maximum atomic E-state index is 13.0. The Kier molecular flexibility index (Phi) is 1.70. The Morgan fingerprint density at radius 3 is 3.00 bits per heavy atom. The third-order valence-corrected chi connectivity index (χ3v) is 2.37. The molecule has 1 heterocycles. The molecule has 0 unspecified atom stereocenters. The van der Waals surface area contributed by atoms with Gasteiger partial charge in [0.05, 0.1) is 11.3 Å². The molecule has 1 aliphatic heterocycles. The van der Waals surface area contributed by atoms with Crippen LogP contribution in [-0.2, 0) is 6.42 Å². The van der Waals surface area contributed by atoms with Crippen LogP contribution in [0, 0.1) is 17.1 Å². The van der Waals surface area contributed by atoms with Crippen LogP contribution >= 0.6 is 0 Å². The molecule has 0 spiro atoms. The van der Waals surface area contributed by atoms with E-state index >= 15 is 0 Å². The van der Waals surface area contributed by atoms with Crippen LogP contribution in [0.1, 0.15) is 11.1 Å². The second-order valence-electron chi connectivity index (χ2n) is 3.24. The zero-order chi connectivity index (χ0) is 9.42. The zero-order valence-electron chi connectivity index (χ0n) is 7.34. The lowest BCUT2D eigenvalue weighted by atomic mass is 10.1. The van der Waals surface area contributed by atoms with Gasteiger partial charge in [-0.2, -0.15) is 5.26 Å². The van der Waals surface area contributed by atoms with Crippen LogP contribution in [-0.4, -0.2) is 13.6 Å². The summed E-state index contributed by atoms with van der Waals surface area (Å²) in [5, 5.41) is 8.80. The van der Waals surface area contributed by atoms with Crippen molar-refractivity contribution in [3.63, 3.8) is 0 Å². The van der Waals surface area contributed by atoms with Crippen molar-refractivity contribution in [1.82, 2.24) is 0 Å². The second-order valence-corrected chi connectivity index (χ2v) is 3.24. The minimum Gasteiger partial charge on any atom is -0.373 e. The molecule has 0 radical (unpaired) electrons. The summed E-state index contributed by atoms with van der Waals surface area (Å²) < 4.78 is 13.0. The minimum absolute atomic E-state index is 0.314. The summed E-state index contributed by atoms with van der Waals surface area (Å²) in [5.74, 6) is -0.314. The first-order valence-electron chi connectivity index (χ1n) is 4.16. The first kappa shape index (κ1) is 8.06. The Bertz CT molecular complexity index is 393. The molecule has 1 aromatic rings. The fourth-order valence-electron chi connectivity index (χ4n) is 1.78. The Morgan fingerprint density at radius 1 is 1.54 bits per heavy atom. The van der Waals surface area contributed by atoms with Crippen molar-refractivity contribution in [2.45, 2.75) is 6.42 Å². The molecule has 1 aromatic carbocycles. The lowest BCUT2D eigenvalue weighted by Crippen LogP contribution is -2.13. The first-order valence-corrected chi connectivity index (χ1v) is 4.16. The molecule has 0 N–H and O–H groups in total. The molecule has 0 saturated carbocycles. The second kappa shape index (κ2) is 2.74. The molecule has 0 saturated heterocycles. The monoisotopic (exact) mass is 176 g/mol. The number of benzene rings is 1. The van der Waals surface area contributed by atoms with Crippen molar-refractivity contribution in [1.29, 1.82) is 5.26 Å². The number of rotatable bonds is 0. The summed E-state index contributed by atoms with van der Waals surface area (Å²) >= 11 is 0. The Morgan fingerprint density at radius 2 is 2.31 bits per heavy atom. The Labute approximate surface area is 76.2 Å². The van der Waals surface area contributed by atoms with Crippen LogP contribution < -0.4 is 4.90 Å². The maximum Gasteiger partial charge on any atom is 0.124 e. The summed E-state index contributed by atoms with van der Waals surface area (Å²) in [6.07, 6.45) is 0.832. The van der Waals surface area contributed by atoms with Gasteiger partial charge in [-0.15, -0.1) is 0 Å². The topological polar surface area (TPSA) is 27.0 Å². The molecule has 13 heavy (non-hydrogen) atoms. The van der Waals surface area contributed by atoms with E-state index in [1.165, 1.54) is 12.1 Å². The van der Waals surface area contributed by atoms with E-state index < -0.39 is 0 Å². The lowest BCUT2D eigenvalue weighted by molar-refractivity contribution is 0.626. The van der Waals surface area contributed by atoms with Crippen molar-refractivity contribution >= 4 is 5.69 Å². The van der Waals surface area contributed by atoms with Gasteiger partial charge in [0.1, 0.15) is 11.9 Å². The lowest BCUT2D eigenvalue weighted by Gasteiger charge is -2.12. The van der Waals surface area contributed by atoms with E-state index in [4.69, 9.17) is 5.26 Å². The molecule has 0 fully saturated rings. The molecule has 0 aromatic heterocycles. The third kappa shape index (κ3) is 1.15. The van der Waals surface area contributed by atoms with Gasteiger partial charge >= 0.3 is 0 Å². The van der Waals surface area contributed by atoms with Gasteiger partial charge in [0, 0.05) is 13.6 Å². The van der Waals surface area contributed by atoms with E-state index in [1.54, 1.807) is 0 Å². The van der Waals surface area contributed by atoms with Gasteiger partial charge in [-0.3, -0.25) is 0 Å². The number of likely N-dealkylation sites (N-methyl/N-ethyl adjacent to an activating group) is 1. The highest BCUT2D eigenvalue weighted by Gasteiger charge is 2.20. The minimum atomic E-state index is -0.314. The molecule has 0 aliphatic carbocycles. The number of anilines is 1. The summed E-state index contributed by atoms with van der Waals surface area (Å²) in [5.41, 5.74) is 2.28. The van der Waals surface area contributed by atoms with Crippen LogP contribution in [0.4, 0.5) is 10.1 Å². The van der Waals surface area contributed by atoms with Crippen molar-refractivity contribution in [2.24, 2.45) is 0 Å². The number of nitrogens with zero attached hydrogens (tertiary/aromatic N) is 2. The summed E-state index contributed by atoms with van der Waals surface area (Å²) in [7, 11) is 1.92. The number of fused-ring (bicyclic) bond motifs is 1. The predicted molar refractivity (Wildman–Crippen MR) is 48.1 cm³/mol. The van der Waals surface area contributed by atoms with Crippen molar-refractivity contribution < 1.29 is 4.39 Å². The number of hydrogen-bond acceptors (Lipinski definition) is 2. The molecule has 0 bridgehead atoms. The van der Waals surface area contributed by atoms with Crippen molar-refractivity contribution in [2.75, 3.05) is 18.5 Å². The average molecular weight is 176 g/mol. The van der Waals surface area contributed by atoms with Crippen LogP contribution in [0.5, 0.6) is 0 Å². The smallest absolute Gasteiger partial charge is 0.124 e. The summed E-state index contributed by atoms with van der Waals surface area (Å²) in [6.45, 7) is 0.869. The fraction of sp³-hybridized carbons (Fsp3) is 0.300. The largest absolute Gasteiger partial charge is 0.373 e. The van der Waals surface area contributed by atoms with Gasteiger partial charge in [0.25, 0.3) is 0 Å². The molecule has 0 atom stereocenters. The van der Waals surface area contributed by atoms with Crippen LogP contribution in [0.3, 0.4) is 0 Å². The molecular formula is C10H9FN2. The standard InChI is InChI=1S/C10H9FN2/c1-13-3-2-7-4-9(11)5-8(6-12)10(7)13/h4-5H,2-3H2,1H3. The van der Waals surface area contributed by atoms with E-state index in [-0.39, 0.29) is 5.82 Å². The molecule has 2 nitrogen and oxygen atoms in total. The SMILES string of the molecule is CN1CCc2cc(F)cc(C#N)c21. The average Bonchev–Trinajstić information content (AvgIpc) is 2.46. The summed E-state index contributed by atoms with van der Waals surface area (Å²) in [6, 6.07) is 4.82. The fourth-order valence-corrected chi connectivity index (χ4v) is 1.78. The van der Waals surface area contributed by atoms with Crippen molar-refractivity contribution in [3.05, 3.63) is 29.1 Å². The maximum absolute atomic E-state index is 13.0. The third-order valence-electron chi connectivity index (χ3n) is 2.37. The van der Waals surface area contributed by atoms with Crippen LogP contribution in [0.2, 0.25) is 0 Å². The van der Waals surface area contributed by atoms with Gasteiger partial charge in [-0.25, -0.2) is 4.39 Å². The number of nitriles is 1. The molecular weight excluding hydrogens is 167 g/mol. The zero-order valence-corrected chi connectivity index (χ0v) is 7.34. The van der Waals surface area contributed by atoms with Crippen molar-refractivity contribution in [3.8, 4) is 6.07 Å². The van der Waals surface area contributed by atoms with Gasteiger partial charge in [-0.05, 0) is 24.1 Å². The van der Waals surface area contributed by atoms with Gasteiger partial charge in [-0.1, -0.05) is 0 Å². The van der Waals surface area contributed by atoms with E-state index in [0.717, 1.165) is 24.2 Å². The highest BCUT2D eigenvalue weighted by molar-refractivity contribution is 5.67. The normalized spacial score (nSPS) is 14.1. The Hall–Kier alpha value is -1.56. The highest BCUT2D eigenvalue weighted by Crippen LogP contribution is 2.30. The van der Waals surface area contributed by atoms with Gasteiger partial charge in [0.15, 0.2) is 0 Å². The van der Waals surface area contributed by atoms with Crippen LogP contribution in [0.25, 0.3) is 0 Å². The first-order chi connectivity index (χ1) is 6.22. The number of halogens is 1. The van der Waals surface area contributed by atoms with Crippen LogP contribution in [0.15, 0.2) is 12.1 Å². The van der Waals surface area contributed by atoms with Gasteiger partial charge < -0.3 is 4.90 Å². The highest BCUT2D eigenvalue weighted by atomic mass is 19.1. The Balaban J connectivity index is 2.66. The molecule has 1 aliphatic rings. The van der Waals surface area contributed by atoms with E-state index in [9.17, 15) is 4.39 Å². The molecule has 3 heteroatoms.